The summed E-state index contributed by atoms with van der Waals surface area (Å²) in [6.07, 6.45) is 4.04. The summed E-state index contributed by atoms with van der Waals surface area (Å²) in [5, 5.41) is 0. The second kappa shape index (κ2) is 4.67. The van der Waals surface area contributed by atoms with Gasteiger partial charge in [-0.3, -0.25) is 14.5 Å². The fourth-order valence-corrected chi connectivity index (χ4v) is 3.67. The molecule has 0 N–H and O–H groups in total. The van der Waals surface area contributed by atoms with Crippen LogP contribution in [0.3, 0.4) is 0 Å². The van der Waals surface area contributed by atoms with Crippen molar-refractivity contribution in [1.82, 2.24) is 4.90 Å². The molecule has 1 spiro atoms. The zero-order chi connectivity index (χ0) is 13.5. The molecular formula is C15H17NO2S. The molecule has 0 radical (unpaired) electrons. The molecule has 1 aliphatic carbocycles. The molecule has 1 saturated heterocycles. The van der Waals surface area contributed by atoms with Gasteiger partial charge in [0, 0.05) is 18.7 Å². The van der Waals surface area contributed by atoms with Crippen molar-refractivity contribution in [3.63, 3.8) is 0 Å². The van der Waals surface area contributed by atoms with E-state index in [9.17, 15) is 9.59 Å². The van der Waals surface area contributed by atoms with Crippen LogP contribution < -0.4 is 0 Å². The topological polar surface area (TPSA) is 37.4 Å². The fraction of sp³-hybridized carbons (Fsp3) is 0.467. The first-order chi connectivity index (χ1) is 9.19. The van der Waals surface area contributed by atoms with Gasteiger partial charge in [0.1, 0.15) is 0 Å². The number of benzene rings is 1. The van der Waals surface area contributed by atoms with E-state index >= 15 is 0 Å². The molecule has 1 aromatic carbocycles. The normalized spacial score (nSPS) is 25.4. The van der Waals surface area contributed by atoms with Crippen LogP contribution in [-0.2, 0) is 21.4 Å². The number of hydrogen-bond donors (Lipinski definition) is 0. The van der Waals surface area contributed by atoms with Gasteiger partial charge in [-0.1, -0.05) is 24.3 Å². The minimum atomic E-state index is -0.550. The maximum atomic E-state index is 12.7. The third-order valence-corrected chi connectivity index (χ3v) is 4.87. The summed E-state index contributed by atoms with van der Waals surface area (Å²) < 4.78 is 0. The average molecular weight is 275 g/mol. The molecule has 3 rings (SSSR count). The van der Waals surface area contributed by atoms with Crippen molar-refractivity contribution in [2.75, 3.05) is 18.6 Å². The Balaban J connectivity index is 1.95. The molecule has 0 bridgehead atoms. The van der Waals surface area contributed by atoms with E-state index in [1.54, 1.807) is 11.8 Å². The summed E-state index contributed by atoms with van der Waals surface area (Å²) >= 11 is 1.66. The standard InChI is InChI=1S/C15H17NO2S/c1-19-9-8-16-13(17)10-15(14(16)18)7-6-11-4-2-3-5-12(11)15/h2-5H,6-10H2,1H3. The molecule has 1 heterocycles. The van der Waals surface area contributed by atoms with Crippen LogP contribution in [0.4, 0.5) is 0 Å². The van der Waals surface area contributed by atoms with Crippen molar-refractivity contribution in [1.29, 1.82) is 0 Å². The number of amides is 2. The highest BCUT2D eigenvalue weighted by Gasteiger charge is 2.54. The molecule has 1 atom stereocenters. The lowest BCUT2D eigenvalue weighted by molar-refractivity contribution is -0.139. The van der Waals surface area contributed by atoms with Crippen LogP contribution >= 0.6 is 11.8 Å². The van der Waals surface area contributed by atoms with Crippen LogP contribution in [-0.4, -0.2) is 35.3 Å². The van der Waals surface area contributed by atoms with E-state index in [0.717, 1.165) is 24.2 Å². The van der Waals surface area contributed by atoms with E-state index in [1.807, 2.05) is 24.5 Å². The second-order valence-corrected chi connectivity index (χ2v) is 6.24. The number of nitrogens with zero attached hydrogens (tertiary/aromatic N) is 1. The third kappa shape index (κ3) is 1.81. The average Bonchev–Trinajstić information content (AvgIpc) is 2.90. The Morgan fingerprint density at radius 1 is 1.32 bits per heavy atom. The van der Waals surface area contributed by atoms with Crippen molar-refractivity contribution in [2.24, 2.45) is 0 Å². The number of imide groups is 1. The number of likely N-dealkylation sites (tertiary alicyclic amines) is 1. The molecule has 2 aliphatic rings. The maximum absolute atomic E-state index is 12.7. The summed E-state index contributed by atoms with van der Waals surface area (Å²) in [4.78, 5) is 26.3. The first-order valence-electron chi connectivity index (χ1n) is 6.61. The first-order valence-corrected chi connectivity index (χ1v) is 8.00. The van der Waals surface area contributed by atoms with Gasteiger partial charge in [-0.15, -0.1) is 0 Å². The summed E-state index contributed by atoms with van der Waals surface area (Å²) in [5.41, 5.74) is 1.77. The van der Waals surface area contributed by atoms with E-state index in [2.05, 4.69) is 6.07 Å². The highest BCUT2D eigenvalue weighted by molar-refractivity contribution is 7.98. The van der Waals surface area contributed by atoms with Crippen molar-refractivity contribution in [3.05, 3.63) is 35.4 Å². The number of thioether (sulfide) groups is 1. The van der Waals surface area contributed by atoms with Crippen LogP contribution in [0.1, 0.15) is 24.0 Å². The van der Waals surface area contributed by atoms with Gasteiger partial charge in [-0.2, -0.15) is 11.8 Å². The molecule has 0 aromatic heterocycles. The quantitative estimate of drug-likeness (QED) is 0.792. The van der Waals surface area contributed by atoms with E-state index < -0.39 is 5.41 Å². The molecule has 100 valence electrons. The lowest BCUT2D eigenvalue weighted by atomic mass is 9.80. The highest BCUT2D eigenvalue weighted by atomic mass is 32.2. The van der Waals surface area contributed by atoms with E-state index in [1.165, 1.54) is 10.5 Å². The summed E-state index contributed by atoms with van der Waals surface area (Å²) in [6.45, 7) is 0.544. The van der Waals surface area contributed by atoms with E-state index in [-0.39, 0.29) is 11.8 Å². The Morgan fingerprint density at radius 2 is 2.11 bits per heavy atom. The molecule has 19 heavy (non-hydrogen) atoms. The lowest BCUT2D eigenvalue weighted by Crippen LogP contribution is -2.38. The second-order valence-electron chi connectivity index (χ2n) is 5.26. The lowest BCUT2D eigenvalue weighted by Gasteiger charge is -2.22. The minimum absolute atomic E-state index is 0.00393. The van der Waals surface area contributed by atoms with Gasteiger partial charge in [-0.05, 0) is 30.2 Å². The van der Waals surface area contributed by atoms with Crippen LogP contribution in [0.5, 0.6) is 0 Å². The number of rotatable bonds is 3. The van der Waals surface area contributed by atoms with Crippen LogP contribution in [0.25, 0.3) is 0 Å². The predicted octanol–water partition coefficient (Wildman–Crippen LogP) is 1.99. The van der Waals surface area contributed by atoms with Crippen molar-refractivity contribution in [2.45, 2.75) is 24.7 Å². The summed E-state index contributed by atoms with van der Waals surface area (Å²) in [6, 6.07) is 8.07. The zero-order valence-corrected chi connectivity index (χ0v) is 11.8. The Labute approximate surface area is 117 Å². The highest BCUT2D eigenvalue weighted by Crippen LogP contribution is 2.46. The van der Waals surface area contributed by atoms with Crippen molar-refractivity contribution in [3.8, 4) is 0 Å². The Kier molecular flexibility index (Phi) is 3.13. The van der Waals surface area contributed by atoms with Crippen LogP contribution in [0.2, 0.25) is 0 Å². The Bertz CT molecular complexity index is 543. The molecule has 2 amide bonds. The van der Waals surface area contributed by atoms with Crippen LogP contribution in [0, 0.1) is 0 Å². The van der Waals surface area contributed by atoms with Crippen molar-refractivity contribution < 1.29 is 9.59 Å². The third-order valence-electron chi connectivity index (χ3n) is 4.28. The van der Waals surface area contributed by atoms with Gasteiger partial charge in [0.05, 0.1) is 5.41 Å². The van der Waals surface area contributed by atoms with Gasteiger partial charge in [0.2, 0.25) is 11.8 Å². The fourth-order valence-electron chi connectivity index (χ4n) is 3.30. The maximum Gasteiger partial charge on any atom is 0.240 e. The van der Waals surface area contributed by atoms with Gasteiger partial charge in [0.15, 0.2) is 0 Å². The Morgan fingerprint density at radius 3 is 2.89 bits per heavy atom. The number of carbonyl (C=O) groups is 2. The smallest absolute Gasteiger partial charge is 0.240 e. The van der Waals surface area contributed by atoms with Gasteiger partial charge < -0.3 is 0 Å². The number of aryl methyl sites for hydroxylation is 1. The van der Waals surface area contributed by atoms with Gasteiger partial charge in [-0.25, -0.2) is 0 Å². The van der Waals surface area contributed by atoms with Gasteiger partial charge >= 0.3 is 0 Å². The van der Waals surface area contributed by atoms with Gasteiger partial charge in [0.25, 0.3) is 0 Å². The largest absolute Gasteiger partial charge is 0.281 e. The molecule has 1 unspecified atom stereocenters. The van der Waals surface area contributed by atoms with Crippen LogP contribution in [0.15, 0.2) is 24.3 Å². The molecular weight excluding hydrogens is 258 g/mol. The molecule has 4 heteroatoms. The number of hydrogen-bond acceptors (Lipinski definition) is 3. The first kappa shape index (κ1) is 12.7. The van der Waals surface area contributed by atoms with E-state index in [4.69, 9.17) is 0 Å². The van der Waals surface area contributed by atoms with Crippen molar-refractivity contribution >= 4 is 23.6 Å². The monoisotopic (exact) mass is 275 g/mol. The molecule has 3 nitrogen and oxygen atoms in total. The predicted molar refractivity (Wildman–Crippen MR) is 76.2 cm³/mol. The molecule has 0 saturated carbocycles. The molecule has 1 aliphatic heterocycles. The minimum Gasteiger partial charge on any atom is -0.281 e. The SMILES string of the molecule is CSCCN1C(=O)CC2(CCc3ccccc32)C1=O. The number of carbonyl (C=O) groups excluding carboxylic acids is 2. The Hall–Kier alpha value is -1.29. The summed E-state index contributed by atoms with van der Waals surface area (Å²) in [5.74, 6) is 0.835. The summed E-state index contributed by atoms with van der Waals surface area (Å²) in [7, 11) is 0. The molecule has 1 fully saturated rings. The zero-order valence-electron chi connectivity index (χ0n) is 11.0. The number of fused-ring (bicyclic) bond motifs is 2. The molecule has 1 aromatic rings. The van der Waals surface area contributed by atoms with E-state index in [0.29, 0.717) is 13.0 Å².